The number of benzene rings is 1. The number of halogens is 1. The smallest absolute Gasteiger partial charge is 0.328 e. The lowest BCUT2D eigenvalue weighted by atomic mass is 10.00. The van der Waals surface area contributed by atoms with Gasteiger partial charge in [0, 0.05) is 16.1 Å². The second-order valence-electron chi connectivity index (χ2n) is 5.96. The number of aryl methyl sites for hydroxylation is 1. The van der Waals surface area contributed by atoms with Gasteiger partial charge in [-0.05, 0) is 49.9 Å². The second-order valence-corrected chi connectivity index (χ2v) is 6.39. The Labute approximate surface area is 143 Å². The third-order valence-electron chi connectivity index (χ3n) is 4.24. The number of fused-ring (bicyclic) bond motifs is 2. The maximum Gasteiger partial charge on any atom is 0.328 e. The van der Waals surface area contributed by atoms with Crippen LogP contribution in [0.3, 0.4) is 0 Å². The number of aromatic nitrogens is 1. The normalized spacial score (nSPS) is 15.8. The summed E-state index contributed by atoms with van der Waals surface area (Å²) in [6.07, 6.45) is 1.18. The molecule has 1 aromatic carbocycles. The fourth-order valence-corrected chi connectivity index (χ4v) is 3.27. The Morgan fingerprint density at radius 1 is 1.33 bits per heavy atom. The number of hydrogen-bond donors (Lipinski definition) is 3. The van der Waals surface area contributed by atoms with Gasteiger partial charge >= 0.3 is 5.97 Å². The Hall–Kier alpha value is -2.18. The largest absolute Gasteiger partial charge is 0.480 e. The number of carboxylic acids is 1. The number of carbonyl (C=O) groups excluding carboxylic acids is 1. The molecule has 7 heteroatoms. The van der Waals surface area contributed by atoms with E-state index >= 15 is 0 Å². The van der Waals surface area contributed by atoms with Crippen LogP contribution in [0.1, 0.15) is 35.0 Å². The van der Waals surface area contributed by atoms with Gasteiger partial charge in [0.15, 0.2) is 6.04 Å². The van der Waals surface area contributed by atoms with E-state index in [1.165, 1.54) is 6.92 Å². The van der Waals surface area contributed by atoms with Crippen molar-refractivity contribution in [2.24, 2.45) is 0 Å². The molecule has 1 amide bonds. The number of rotatable bonds is 4. The lowest BCUT2D eigenvalue weighted by molar-refractivity contribution is -0.141. The van der Waals surface area contributed by atoms with E-state index in [1.807, 2.05) is 0 Å². The molecule has 0 bridgehead atoms. The van der Waals surface area contributed by atoms with Gasteiger partial charge in [-0.1, -0.05) is 11.6 Å². The molecule has 1 aliphatic rings. The molecule has 2 atom stereocenters. The van der Waals surface area contributed by atoms with Crippen LogP contribution in [0, 0.1) is 0 Å². The summed E-state index contributed by atoms with van der Waals surface area (Å²) >= 11 is 6.06. The van der Waals surface area contributed by atoms with Crippen LogP contribution in [0.25, 0.3) is 10.9 Å². The predicted octanol–water partition coefficient (Wildman–Crippen LogP) is 1.94. The summed E-state index contributed by atoms with van der Waals surface area (Å²) in [5, 5.41) is 22.3. The summed E-state index contributed by atoms with van der Waals surface area (Å²) in [6, 6.07) is 3.73. The Bertz CT molecular complexity index is 835. The first-order chi connectivity index (χ1) is 11.4. The standard InChI is InChI=1S/C17H17ClN2O4/c1-8(21)15(17(23)24)20-16(22)14-10-3-2-4-12(10)19-13-6-5-9(18)7-11(13)14/h5-8,15,21H,2-4H2,1H3,(H,20,22)(H,23,24). The summed E-state index contributed by atoms with van der Waals surface area (Å²) in [7, 11) is 0. The van der Waals surface area contributed by atoms with Crippen molar-refractivity contribution in [2.75, 3.05) is 0 Å². The zero-order chi connectivity index (χ0) is 17.4. The second kappa shape index (κ2) is 6.37. The van der Waals surface area contributed by atoms with E-state index in [0.29, 0.717) is 27.9 Å². The van der Waals surface area contributed by atoms with Gasteiger partial charge in [0.1, 0.15) is 0 Å². The van der Waals surface area contributed by atoms with Crippen LogP contribution in [0.4, 0.5) is 0 Å². The van der Waals surface area contributed by atoms with Crippen LogP contribution in [0.5, 0.6) is 0 Å². The van der Waals surface area contributed by atoms with Gasteiger partial charge in [0.2, 0.25) is 0 Å². The van der Waals surface area contributed by atoms with Crippen LogP contribution in [0.2, 0.25) is 5.02 Å². The maximum atomic E-state index is 12.8. The Morgan fingerprint density at radius 2 is 2.08 bits per heavy atom. The van der Waals surface area contributed by atoms with Gasteiger partial charge in [-0.2, -0.15) is 0 Å². The molecule has 2 aromatic rings. The fraction of sp³-hybridized carbons (Fsp3) is 0.353. The number of aliphatic carboxylic acids is 1. The molecule has 24 heavy (non-hydrogen) atoms. The van der Waals surface area contributed by atoms with E-state index in [1.54, 1.807) is 18.2 Å². The fourth-order valence-electron chi connectivity index (χ4n) is 3.10. The molecule has 0 spiro atoms. The number of amides is 1. The number of nitrogens with zero attached hydrogens (tertiary/aromatic N) is 1. The average Bonchev–Trinajstić information content (AvgIpc) is 2.97. The average molecular weight is 349 g/mol. The summed E-state index contributed by atoms with van der Waals surface area (Å²) in [6.45, 7) is 1.32. The first kappa shape index (κ1) is 16.7. The third-order valence-corrected chi connectivity index (χ3v) is 4.47. The van der Waals surface area contributed by atoms with Crippen molar-refractivity contribution < 1.29 is 19.8 Å². The summed E-state index contributed by atoms with van der Waals surface area (Å²) in [5.41, 5.74) is 2.74. The molecule has 2 unspecified atom stereocenters. The number of pyridine rings is 1. The van der Waals surface area contributed by atoms with Crippen molar-refractivity contribution in [3.05, 3.63) is 40.0 Å². The van der Waals surface area contributed by atoms with E-state index in [2.05, 4.69) is 10.3 Å². The molecule has 1 aliphatic carbocycles. The lowest BCUT2D eigenvalue weighted by Crippen LogP contribution is -2.47. The number of aliphatic hydroxyl groups excluding tert-OH is 1. The van der Waals surface area contributed by atoms with Gasteiger partial charge in [-0.25, -0.2) is 4.79 Å². The van der Waals surface area contributed by atoms with Crippen LogP contribution in [-0.2, 0) is 17.6 Å². The molecule has 3 N–H and O–H groups in total. The number of carbonyl (C=O) groups is 2. The van der Waals surface area contributed by atoms with Crippen LogP contribution in [0.15, 0.2) is 18.2 Å². The minimum atomic E-state index is -1.38. The van der Waals surface area contributed by atoms with Crippen molar-refractivity contribution in [3.8, 4) is 0 Å². The molecule has 1 aromatic heterocycles. The van der Waals surface area contributed by atoms with E-state index in [0.717, 1.165) is 24.1 Å². The van der Waals surface area contributed by atoms with Gasteiger partial charge in [0.05, 0.1) is 17.2 Å². The first-order valence-electron chi connectivity index (χ1n) is 7.71. The Morgan fingerprint density at radius 3 is 2.75 bits per heavy atom. The molecule has 0 saturated heterocycles. The highest BCUT2D eigenvalue weighted by molar-refractivity contribution is 6.31. The molecule has 0 saturated carbocycles. The van der Waals surface area contributed by atoms with Crippen molar-refractivity contribution in [2.45, 2.75) is 38.3 Å². The van der Waals surface area contributed by atoms with Gasteiger partial charge in [0.25, 0.3) is 5.91 Å². The zero-order valence-corrected chi connectivity index (χ0v) is 13.8. The maximum absolute atomic E-state index is 12.8. The molecule has 1 heterocycles. The van der Waals surface area contributed by atoms with E-state index in [9.17, 15) is 19.8 Å². The quantitative estimate of drug-likeness (QED) is 0.784. The third kappa shape index (κ3) is 2.95. The number of carboxylic acid groups (broad SMARTS) is 1. The highest BCUT2D eigenvalue weighted by Crippen LogP contribution is 2.31. The molecular formula is C17H17ClN2O4. The summed E-state index contributed by atoms with van der Waals surface area (Å²) in [4.78, 5) is 28.6. The summed E-state index contributed by atoms with van der Waals surface area (Å²) < 4.78 is 0. The molecule has 3 rings (SSSR count). The van der Waals surface area contributed by atoms with Crippen molar-refractivity contribution in [3.63, 3.8) is 0 Å². The molecule has 6 nitrogen and oxygen atoms in total. The Kier molecular flexibility index (Phi) is 4.43. The van der Waals surface area contributed by atoms with Gasteiger partial charge in [-0.15, -0.1) is 0 Å². The minimum absolute atomic E-state index is 0.405. The highest BCUT2D eigenvalue weighted by atomic mass is 35.5. The molecule has 0 radical (unpaired) electrons. The number of nitrogens with one attached hydrogen (secondary N) is 1. The predicted molar refractivity (Wildman–Crippen MR) is 89.3 cm³/mol. The zero-order valence-electron chi connectivity index (χ0n) is 13.0. The molecule has 0 fully saturated rings. The van der Waals surface area contributed by atoms with Gasteiger partial charge < -0.3 is 15.5 Å². The first-order valence-corrected chi connectivity index (χ1v) is 8.09. The van der Waals surface area contributed by atoms with E-state index in [-0.39, 0.29) is 0 Å². The van der Waals surface area contributed by atoms with Crippen LogP contribution < -0.4 is 5.32 Å². The monoisotopic (exact) mass is 348 g/mol. The van der Waals surface area contributed by atoms with Crippen LogP contribution in [-0.4, -0.2) is 39.2 Å². The molecular weight excluding hydrogens is 332 g/mol. The molecule has 126 valence electrons. The van der Waals surface area contributed by atoms with E-state index < -0.39 is 24.0 Å². The summed E-state index contributed by atoms with van der Waals surface area (Å²) in [5.74, 6) is -1.82. The van der Waals surface area contributed by atoms with Crippen molar-refractivity contribution in [1.29, 1.82) is 0 Å². The lowest BCUT2D eigenvalue weighted by Gasteiger charge is -2.19. The number of hydrogen-bond acceptors (Lipinski definition) is 4. The van der Waals surface area contributed by atoms with Gasteiger partial charge in [-0.3, -0.25) is 9.78 Å². The Balaban J connectivity index is 2.12. The van der Waals surface area contributed by atoms with Crippen LogP contribution >= 0.6 is 11.6 Å². The minimum Gasteiger partial charge on any atom is -0.480 e. The van der Waals surface area contributed by atoms with Crippen molar-refractivity contribution >= 4 is 34.4 Å². The highest BCUT2D eigenvalue weighted by Gasteiger charge is 2.29. The number of aliphatic hydroxyl groups is 1. The topological polar surface area (TPSA) is 99.5 Å². The SMILES string of the molecule is CC(O)C(NC(=O)c1c2c(nc3ccc(Cl)cc13)CCC2)C(=O)O. The van der Waals surface area contributed by atoms with Crippen molar-refractivity contribution in [1.82, 2.24) is 10.3 Å². The van der Waals surface area contributed by atoms with E-state index in [4.69, 9.17) is 11.6 Å². The molecule has 0 aliphatic heterocycles.